The van der Waals surface area contributed by atoms with Crippen molar-refractivity contribution in [3.63, 3.8) is 0 Å². The Hall–Kier alpha value is -1.62. The highest BCUT2D eigenvalue weighted by Crippen LogP contribution is 2.42. The molecule has 0 aromatic carbocycles. The van der Waals surface area contributed by atoms with Gasteiger partial charge in [-0.1, -0.05) is 19.4 Å². The molecule has 1 aromatic heterocycles. The molecule has 1 fully saturated rings. The summed E-state index contributed by atoms with van der Waals surface area (Å²) in [6.45, 7) is 7.79. The first-order chi connectivity index (χ1) is 10.9. The van der Waals surface area contributed by atoms with E-state index in [4.69, 9.17) is 4.74 Å². The van der Waals surface area contributed by atoms with Gasteiger partial charge in [-0.05, 0) is 32.8 Å². The second-order valence-corrected chi connectivity index (χ2v) is 7.59. The van der Waals surface area contributed by atoms with Crippen molar-refractivity contribution in [2.24, 2.45) is 5.41 Å². The lowest BCUT2D eigenvalue weighted by atomic mass is 9.72. The van der Waals surface area contributed by atoms with Crippen molar-refractivity contribution < 1.29 is 9.53 Å². The van der Waals surface area contributed by atoms with E-state index in [1.165, 1.54) is 0 Å². The van der Waals surface area contributed by atoms with Gasteiger partial charge in [0.25, 0.3) is 5.56 Å². The van der Waals surface area contributed by atoms with Crippen LogP contribution in [0.5, 0.6) is 0 Å². The smallest absolute Gasteiger partial charge is 0.315 e. The standard InChI is InChI=1S/C18H26N2O3/c1-4-8-17(2,3)23-16(22)18-9-13(10-19-11-18)14-6-5-7-15(21)20(14)12-18/h5-7,13,19H,4,8-12H2,1-3H3/t13-,18-/m1/s1. The summed E-state index contributed by atoms with van der Waals surface area (Å²) < 4.78 is 7.62. The maximum atomic E-state index is 13.0. The SMILES string of the molecule is CCCC(C)(C)OC(=O)[C@@]12CNC[C@@H](C1)c1cccc(=O)n1C2. The van der Waals surface area contributed by atoms with Gasteiger partial charge in [0.05, 0.1) is 5.41 Å². The van der Waals surface area contributed by atoms with Gasteiger partial charge in [0.1, 0.15) is 5.60 Å². The van der Waals surface area contributed by atoms with Crippen molar-refractivity contribution in [2.45, 2.75) is 58.1 Å². The number of piperidine rings is 1. The van der Waals surface area contributed by atoms with E-state index in [0.29, 0.717) is 13.1 Å². The molecule has 1 saturated heterocycles. The lowest BCUT2D eigenvalue weighted by Crippen LogP contribution is -2.57. The summed E-state index contributed by atoms with van der Waals surface area (Å²) in [6.07, 6.45) is 2.56. The van der Waals surface area contributed by atoms with Crippen LogP contribution in [0.1, 0.15) is 51.6 Å². The Labute approximate surface area is 137 Å². The van der Waals surface area contributed by atoms with E-state index in [-0.39, 0.29) is 17.4 Å². The summed E-state index contributed by atoms with van der Waals surface area (Å²) in [7, 11) is 0. The highest BCUT2D eigenvalue weighted by molar-refractivity contribution is 5.78. The van der Waals surface area contributed by atoms with E-state index >= 15 is 0 Å². The molecule has 1 N–H and O–H groups in total. The lowest BCUT2D eigenvalue weighted by Gasteiger charge is -2.46. The molecule has 0 aliphatic carbocycles. The Kier molecular flexibility index (Phi) is 4.08. The number of rotatable bonds is 4. The third-order valence-corrected chi connectivity index (χ3v) is 5.11. The van der Waals surface area contributed by atoms with Crippen LogP contribution in [0.15, 0.2) is 23.0 Å². The molecule has 0 amide bonds. The molecule has 2 bridgehead atoms. The summed E-state index contributed by atoms with van der Waals surface area (Å²) in [5.41, 5.74) is -0.0956. The Morgan fingerprint density at radius 3 is 3.00 bits per heavy atom. The predicted octanol–water partition coefficient (Wildman–Crippen LogP) is 2.05. The van der Waals surface area contributed by atoms with E-state index in [2.05, 4.69) is 12.2 Å². The normalized spacial score (nSPS) is 26.5. The van der Waals surface area contributed by atoms with E-state index in [9.17, 15) is 9.59 Å². The molecule has 0 unspecified atom stereocenters. The fraction of sp³-hybridized carbons (Fsp3) is 0.667. The first kappa shape index (κ1) is 16.2. The van der Waals surface area contributed by atoms with Gasteiger partial charge in [-0.2, -0.15) is 0 Å². The highest BCUT2D eigenvalue weighted by atomic mass is 16.6. The number of nitrogens with zero attached hydrogens (tertiary/aromatic N) is 1. The minimum absolute atomic E-state index is 0.0286. The van der Waals surface area contributed by atoms with E-state index in [1.807, 2.05) is 19.9 Å². The van der Waals surface area contributed by atoms with Gasteiger partial charge in [-0.15, -0.1) is 0 Å². The van der Waals surface area contributed by atoms with Crippen LogP contribution in [0.25, 0.3) is 0 Å². The Balaban J connectivity index is 1.91. The van der Waals surface area contributed by atoms with Gasteiger partial charge in [-0.25, -0.2) is 0 Å². The molecule has 23 heavy (non-hydrogen) atoms. The maximum absolute atomic E-state index is 13.0. The number of esters is 1. The van der Waals surface area contributed by atoms with Gasteiger partial charge in [0.15, 0.2) is 0 Å². The van der Waals surface area contributed by atoms with Crippen LogP contribution >= 0.6 is 0 Å². The molecular weight excluding hydrogens is 292 g/mol. The fourth-order valence-electron chi connectivity index (χ4n) is 4.03. The lowest BCUT2D eigenvalue weighted by molar-refractivity contribution is -0.173. The maximum Gasteiger partial charge on any atom is 0.315 e. The van der Waals surface area contributed by atoms with Crippen molar-refractivity contribution in [1.82, 2.24) is 9.88 Å². The molecule has 126 valence electrons. The van der Waals surface area contributed by atoms with Crippen LogP contribution < -0.4 is 10.9 Å². The number of fused-ring (bicyclic) bond motifs is 4. The highest BCUT2D eigenvalue weighted by Gasteiger charge is 2.49. The average molecular weight is 318 g/mol. The zero-order valence-electron chi connectivity index (χ0n) is 14.2. The van der Waals surface area contributed by atoms with Crippen LogP contribution in [0.4, 0.5) is 0 Å². The Bertz CT molecular complexity index is 664. The predicted molar refractivity (Wildman–Crippen MR) is 88.4 cm³/mol. The van der Waals surface area contributed by atoms with Gasteiger partial charge in [0.2, 0.25) is 0 Å². The Morgan fingerprint density at radius 1 is 1.48 bits per heavy atom. The number of aromatic nitrogens is 1. The molecule has 0 saturated carbocycles. The Morgan fingerprint density at radius 2 is 2.26 bits per heavy atom. The number of ether oxygens (including phenoxy) is 1. The monoisotopic (exact) mass is 318 g/mol. The van der Waals surface area contributed by atoms with Gasteiger partial charge < -0.3 is 14.6 Å². The average Bonchev–Trinajstić information content (AvgIpc) is 2.48. The van der Waals surface area contributed by atoms with Crippen LogP contribution in [0.2, 0.25) is 0 Å². The van der Waals surface area contributed by atoms with E-state index in [0.717, 1.165) is 31.5 Å². The van der Waals surface area contributed by atoms with Gasteiger partial charge >= 0.3 is 5.97 Å². The zero-order chi connectivity index (χ0) is 16.7. The quantitative estimate of drug-likeness (QED) is 0.863. The molecular formula is C18H26N2O3. The second-order valence-electron chi connectivity index (χ2n) is 7.59. The minimum atomic E-state index is -0.633. The van der Waals surface area contributed by atoms with Crippen LogP contribution in [0.3, 0.4) is 0 Å². The molecule has 1 aromatic rings. The molecule has 0 radical (unpaired) electrons. The molecule has 0 spiro atoms. The zero-order valence-corrected chi connectivity index (χ0v) is 14.2. The molecule has 5 nitrogen and oxygen atoms in total. The summed E-state index contributed by atoms with van der Waals surface area (Å²) in [5.74, 6) is 0.0165. The van der Waals surface area contributed by atoms with Crippen LogP contribution in [-0.2, 0) is 16.1 Å². The van der Waals surface area contributed by atoms with Crippen molar-refractivity contribution >= 4 is 5.97 Å². The molecule has 2 atom stereocenters. The van der Waals surface area contributed by atoms with Gasteiger partial charge in [-0.3, -0.25) is 9.59 Å². The second kappa shape index (κ2) is 5.78. The van der Waals surface area contributed by atoms with Crippen LogP contribution in [0, 0.1) is 5.41 Å². The number of carbonyl (C=O) groups excluding carboxylic acids is 1. The summed E-state index contributed by atoms with van der Waals surface area (Å²) in [4.78, 5) is 25.2. The molecule has 2 aliphatic rings. The first-order valence-electron chi connectivity index (χ1n) is 8.51. The largest absolute Gasteiger partial charge is 0.459 e. The summed E-state index contributed by atoms with van der Waals surface area (Å²) in [5, 5.41) is 3.37. The molecule has 2 aliphatic heterocycles. The number of nitrogens with one attached hydrogen (secondary N) is 1. The van der Waals surface area contributed by atoms with Crippen molar-refractivity contribution in [3.05, 3.63) is 34.2 Å². The summed E-state index contributed by atoms with van der Waals surface area (Å²) >= 11 is 0. The number of hydrogen-bond donors (Lipinski definition) is 1. The third-order valence-electron chi connectivity index (χ3n) is 5.11. The van der Waals surface area contributed by atoms with E-state index in [1.54, 1.807) is 16.7 Å². The number of carbonyl (C=O) groups is 1. The van der Waals surface area contributed by atoms with Crippen molar-refractivity contribution in [2.75, 3.05) is 13.1 Å². The first-order valence-corrected chi connectivity index (χ1v) is 8.51. The number of hydrogen-bond acceptors (Lipinski definition) is 4. The molecule has 5 heteroatoms. The summed E-state index contributed by atoms with van der Waals surface area (Å²) in [6, 6.07) is 5.37. The fourth-order valence-corrected chi connectivity index (χ4v) is 4.03. The topological polar surface area (TPSA) is 60.3 Å². The third kappa shape index (κ3) is 2.94. The van der Waals surface area contributed by atoms with Crippen molar-refractivity contribution in [3.8, 4) is 0 Å². The molecule has 3 heterocycles. The van der Waals surface area contributed by atoms with Crippen molar-refractivity contribution in [1.29, 1.82) is 0 Å². The number of pyridine rings is 1. The van der Waals surface area contributed by atoms with Gasteiger partial charge in [0, 0.05) is 37.3 Å². The van der Waals surface area contributed by atoms with Crippen LogP contribution in [-0.4, -0.2) is 29.2 Å². The molecule has 3 rings (SSSR count). The minimum Gasteiger partial charge on any atom is -0.459 e. The van der Waals surface area contributed by atoms with E-state index < -0.39 is 11.0 Å².